The van der Waals surface area contributed by atoms with Gasteiger partial charge in [-0.15, -0.1) is 0 Å². The molecule has 1 aromatic heterocycles. The molecule has 3 nitrogen and oxygen atoms in total. The molecule has 152 valence electrons. The third kappa shape index (κ3) is 4.78. The Balaban J connectivity index is 1.96. The molecule has 3 rings (SSSR count). The van der Waals surface area contributed by atoms with E-state index in [0.29, 0.717) is 27.7 Å². The summed E-state index contributed by atoms with van der Waals surface area (Å²) in [5, 5.41) is 0.454. The molecule has 0 saturated carbocycles. The molecule has 9 heteroatoms. The molecule has 1 unspecified atom stereocenters. The highest BCUT2D eigenvalue weighted by Gasteiger charge is 2.35. The van der Waals surface area contributed by atoms with E-state index in [1.807, 2.05) is 0 Å². The van der Waals surface area contributed by atoms with E-state index in [4.69, 9.17) is 11.6 Å². The largest absolute Gasteiger partial charge is 0.416 e. The van der Waals surface area contributed by atoms with Gasteiger partial charge in [-0.05, 0) is 42.7 Å². The van der Waals surface area contributed by atoms with Crippen molar-refractivity contribution in [3.8, 4) is 0 Å². The molecule has 0 radical (unpaired) electrons. The number of aromatic nitrogens is 1. The first kappa shape index (κ1) is 21.3. The zero-order valence-electron chi connectivity index (χ0n) is 14.9. The highest BCUT2D eigenvalue weighted by atomic mass is 79.9. The van der Waals surface area contributed by atoms with Crippen LogP contribution >= 0.6 is 27.5 Å². The van der Waals surface area contributed by atoms with Crippen molar-refractivity contribution in [2.45, 2.75) is 31.7 Å². The minimum atomic E-state index is -4.63. The summed E-state index contributed by atoms with van der Waals surface area (Å²) >= 11 is 9.38. The first-order valence-electron chi connectivity index (χ1n) is 8.69. The number of nitrogens with zero attached hydrogens (tertiary/aromatic N) is 2. The zero-order chi connectivity index (χ0) is 20.6. The predicted octanol–water partition coefficient (Wildman–Crippen LogP) is 5.09. The molecule has 0 amide bonds. The molecule has 1 aromatic carbocycles. The summed E-state index contributed by atoms with van der Waals surface area (Å²) < 4.78 is 55.2. The van der Waals surface area contributed by atoms with Crippen molar-refractivity contribution >= 4 is 27.5 Å². The van der Waals surface area contributed by atoms with Crippen LogP contribution in [0.15, 0.2) is 39.7 Å². The average Bonchev–Trinajstić information content (AvgIpc) is 2.56. The number of likely N-dealkylation sites (tertiary alicyclic amines) is 1. The lowest BCUT2D eigenvalue weighted by Crippen LogP contribution is -2.49. The predicted molar refractivity (Wildman–Crippen MR) is 104 cm³/mol. The lowest BCUT2D eigenvalue weighted by atomic mass is 10.0. The van der Waals surface area contributed by atoms with Crippen LogP contribution in [0.5, 0.6) is 0 Å². The monoisotopic (exact) mass is 480 g/mol. The number of hydrogen-bond acceptors (Lipinski definition) is 2. The van der Waals surface area contributed by atoms with Gasteiger partial charge in [0.05, 0.1) is 11.6 Å². The van der Waals surface area contributed by atoms with Crippen LogP contribution in [0.4, 0.5) is 17.6 Å². The van der Waals surface area contributed by atoms with Gasteiger partial charge in [-0.1, -0.05) is 27.5 Å². The maximum Gasteiger partial charge on any atom is 0.416 e. The Morgan fingerprint density at radius 2 is 1.93 bits per heavy atom. The normalized spacial score (nSPS) is 16.8. The summed E-state index contributed by atoms with van der Waals surface area (Å²) in [5.41, 5.74) is -0.976. The van der Waals surface area contributed by atoms with Gasteiger partial charge in [0.25, 0.3) is 5.56 Å². The van der Waals surface area contributed by atoms with Gasteiger partial charge in [0.1, 0.15) is 6.17 Å². The fraction of sp³-hybridized carbons (Fsp3) is 0.421. The SMILES string of the molecule is CC(c1cc(Cl)cc(Br)c1)n1cc(CCN2CC(F)C2)c(C(F)(F)F)cc1=O. The van der Waals surface area contributed by atoms with Gasteiger partial charge in [0.2, 0.25) is 0 Å². The lowest BCUT2D eigenvalue weighted by Gasteiger charge is -2.34. The molecule has 0 aliphatic carbocycles. The fourth-order valence-electron chi connectivity index (χ4n) is 3.30. The van der Waals surface area contributed by atoms with Crippen molar-refractivity contribution in [1.29, 1.82) is 0 Å². The summed E-state index contributed by atoms with van der Waals surface area (Å²) in [6.07, 6.45) is -4.21. The number of benzene rings is 1. The number of halogens is 6. The maximum absolute atomic E-state index is 13.4. The minimum absolute atomic E-state index is 0.0161. The smallest absolute Gasteiger partial charge is 0.308 e. The van der Waals surface area contributed by atoms with Gasteiger partial charge >= 0.3 is 6.18 Å². The summed E-state index contributed by atoms with van der Waals surface area (Å²) in [5.74, 6) is 0. The molecule has 0 N–H and O–H groups in total. The van der Waals surface area contributed by atoms with E-state index in [0.717, 1.165) is 0 Å². The van der Waals surface area contributed by atoms with Crippen molar-refractivity contribution < 1.29 is 17.6 Å². The Hall–Kier alpha value is -1.38. The van der Waals surface area contributed by atoms with Crippen molar-refractivity contribution in [3.05, 3.63) is 67.0 Å². The standard InChI is InChI=1S/C19H18BrClF4N2O/c1-11(13-4-14(20)6-15(21)5-13)27-8-12(2-3-26-9-16(22)10-26)17(7-18(27)28)19(23,24)25/h4-8,11,16H,2-3,9-10H2,1H3. The summed E-state index contributed by atoms with van der Waals surface area (Å²) in [6, 6.07) is 5.25. The molecule has 1 saturated heterocycles. The van der Waals surface area contributed by atoms with Crippen molar-refractivity contribution in [1.82, 2.24) is 9.47 Å². The van der Waals surface area contributed by atoms with Crippen LogP contribution in [0, 0.1) is 0 Å². The third-order valence-corrected chi connectivity index (χ3v) is 5.54. The van der Waals surface area contributed by atoms with E-state index in [2.05, 4.69) is 15.9 Å². The van der Waals surface area contributed by atoms with Crippen molar-refractivity contribution in [3.63, 3.8) is 0 Å². The topological polar surface area (TPSA) is 25.2 Å². The highest BCUT2D eigenvalue weighted by molar-refractivity contribution is 9.10. The Kier molecular flexibility index (Phi) is 6.22. The van der Waals surface area contributed by atoms with Crippen LogP contribution < -0.4 is 5.56 Å². The van der Waals surface area contributed by atoms with E-state index < -0.39 is 29.5 Å². The first-order valence-corrected chi connectivity index (χ1v) is 9.86. The first-order chi connectivity index (χ1) is 13.0. The molecular weight excluding hydrogens is 464 g/mol. The van der Waals surface area contributed by atoms with E-state index in [-0.39, 0.29) is 25.1 Å². The molecule has 1 aliphatic rings. The van der Waals surface area contributed by atoms with E-state index in [1.165, 1.54) is 10.8 Å². The maximum atomic E-state index is 13.4. The second kappa shape index (κ2) is 8.16. The molecule has 2 aromatic rings. The Morgan fingerprint density at radius 1 is 1.25 bits per heavy atom. The second-order valence-corrected chi connectivity index (χ2v) is 8.29. The van der Waals surface area contributed by atoms with Crippen LogP contribution in [0.25, 0.3) is 0 Å². The fourth-order valence-corrected chi connectivity index (χ4v) is 4.19. The van der Waals surface area contributed by atoms with Crippen LogP contribution in [0.2, 0.25) is 5.02 Å². The quantitative estimate of drug-likeness (QED) is 0.556. The average molecular weight is 482 g/mol. The molecular formula is C19H18BrClF4N2O. The molecule has 1 atom stereocenters. The van der Waals surface area contributed by atoms with Crippen LogP contribution in [0.1, 0.15) is 29.7 Å². The molecule has 1 aliphatic heterocycles. The van der Waals surface area contributed by atoms with E-state index in [1.54, 1.807) is 30.0 Å². The highest BCUT2D eigenvalue weighted by Crippen LogP contribution is 2.33. The molecule has 0 spiro atoms. The lowest BCUT2D eigenvalue weighted by molar-refractivity contribution is -0.138. The zero-order valence-corrected chi connectivity index (χ0v) is 17.3. The molecule has 2 heterocycles. The van der Waals surface area contributed by atoms with Gasteiger partial charge in [0, 0.05) is 41.4 Å². The van der Waals surface area contributed by atoms with Gasteiger partial charge in [-0.25, -0.2) is 4.39 Å². The second-order valence-electron chi connectivity index (χ2n) is 6.94. The van der Waals surface area contributed by atoms with Crippen LogP contribution in [-0.2, 0) is 12.6 Å². The number of rotatable bonds is 5. The van der Waals surface area contributed by atoms with Crippen molar-refractivity contribution in [2.75, 3.05) is 19.6 Å². The Bertz CT molecular complexity index is 905. The number of hydrogen-bond donors (Lipinski definition) is 0. The number of alkyl halides is 4. The molecule has 1 fully saturated rings. The van der Waals surface area contributed by atoms with Crippen LogP contribution in [-0.4, -0.2) is 35.3 Å². The Labute approximate surface area is 173 Å². The van der Waals surface area contributed by atoms with Gasteiger partial charge in [-0.2, -0.15) is 13.2 Å². The van der Waals surface area contributed by atoms with Gasteiger partial charge in [-0.3, -0.25) is 9.69 Å². The minimum Gasteiger partial charge on any atom is -0.308 e. The summed E-state index contributed by atoms with van der Waals surface area (Å²) in [7, 11) is 0. The third-order valence-electron chi connectivity index (χ3n) is 4.86. The molecule has 0 bridgehead atoms. The number of pyridine rings is 1. The Morgan fingerprint density at radius 3 is 2.50 bits per heavy atom. The van der Waals surface area contributed by atoms with E-state index in [9.17, 15) is 22.4 Å². The van der Waals surface area contributed by atoms with E-state index >= 15 is 0 Å². The van der Waals surface area contributed by atoms with Gasteiger partial charge < -0.3 is 4.57 Å². The van der Waals surface area contributed by atoms with Crippen molar-refractivity contribution in [2.24, 2.45) is 0 Å². The van der Waals surface area contributed by atoms with Crippen LogP contribution in [0.3, 0.4) is 0 Å². The van der Waals surface area contributed by atoms with Gasteiger partial charge in [0.15, 0.2) is 0 Å². The summed E-state index contributed by atoms with van der Waals surface area (Å²) in [6.45, 7) is 2.49. The summed E-state index contributed by atoms with van der Waals surface area (Å²) in [4.78, 5) is 14.2. The molecule has 28 heavy (non-hydrogen) atoms.